The second kappa shape index (κ2) is 5.36. The van der Waals surface area contributed by atoms with Crippen LogP contribution in [0.15, 0.2) is 31.1 Å². The molecule has 2 aliphatic rings. The predicted molar refractivity (Wildman–Crippen MR) is 74.4 cm³/mol. The highest BCUT2D eigenvalue weighted by atomic mass is 19.4. The number of pyridine rings is 1. The van der Waals surface area contributed by atoms with Crippen LogP contribution in [0.3, 0.4) is 0 Å². The van der Waals surface area contributed by atoms with E-state index in [1.54, 1.807) is 4.90 Å². The van der Waals surface area contributed by atoms with Crippen LogP contribution < -0.4 is 0 Å². The average Bonchev–Trinajstić information content (AvgIpc) is 3.32. The second-order valence-corrected chi connectivity index (χ2v) is 5.56. The van der Waals surface area contributed by atoms with E-state index in [-0.39, 0.29) is 30.1 Å². The van der Waals surface area contributed by atoms with Crippen LogP contribution in [-0.2, 0) is 11.0 Å². The van der Waals surface area contributed by atoms with Gasteiger partial charge in [-0.15, -0.1) is 0 Å². The van der Waals surface area contributed by atoms with E-state index in [4.69, 9.17) is 0 Å². The summed E-state index contributed by atoms with van der Waals surface area (Å²) in [6, 6.07) is 0.597. The van der Waals surface area contributed by atoms with Crippen molar-refractivity contribution in [3.63, 3.8) is 0 Å². The molecule has 1 aromatic rings. The molecule has 2 unspecified atom stereocenters. The van der Waals surface area contributed by atoms with Crippen LogP contribution in [0.5, 0.6) is 0 Å². The molecule has 1 aliphatic heterocycles. The Morgan fingerprint density at radius 3 is 2.52 bits per heavy atom. The number of halogens is 3. The van der Waals surface area contributed by atoms with Crippen molar-refractivity contribution in [2.24, 2.45) is 0 Å². The summed E-state index contributed by atoms with van der Waals surface area (Å²) in [5.41, 5.74) is -1.04. The number of alkyl halides is 3. The number of hydrogen-bond donors (Lipinski definition) is 0. The first-order chi connectivity index (χ1) is 10.8. The van der Waals surface area contributed by atoms with Gasteiger partial charge in [0, 0.05) is 25.5 Å². The summed E-state index contributed by atoms with van der Waals surface area (Å²) in [6.07, 6.45) is -0.852. The maximum Gasteiger partial charge on any atom is 0.417 e. The Morgan fingerprint density at radius 1 is 1.22 bits per heavy atom. The number of carbonyl (C=O) groups excluding carboxylic acids is 2. The van der Waals surface area contributed by atoms with Gasteiger partial charge in [-0.25, -0.2) is 0 Å². The van der Waals surface area contributed by atoms with Crippen LogP contribution in [0.4, 0.5) is 13.2 Å². The number of piperazine rings is 1. The van der Waals surface area contributed by atoms with E-state index in [2.05, 4.69) is 11.6 Å². The summed E-state index contributed by atoms with van der Waals surface area (Å²) < 4.78 is 38.2. The van der Waals surface area contributed by atoms with Crippen molar-refractivity contribution in [1.82, 2.24) is 14.8 Å². The third kappa shape index (κ3) is 2.80. The highest BCUT2D eigenvalue weighted by Crippen LogP contribution is 2.38. The van der Waals surface area contributed by atoms with Gasteiger partial charge in [0.15, 0.2) is 0 Å². The van der Waals surface area contributed by atoms with Crippen molar-refractivity contribution in [1.29, 1.82) is 0 Å². The standard InChI is InChI=1S/C15H14F3N3O2/c1-2-13(22)20-3-4-21(12-6-11(12)20)14(23)9-5-10(8-19-7-9)15(16,17)18/h2,5,7-8,11-12H,1,3-4,6H2. The molecular formula is C15H14F3N3O2. The van der Waals surface area contributed by atoms with Gasteiger partial charge >= 0.3 is 6.18 Å². The van der Waals surface area contributed by atoms with Gasteiger partial charge in [0.25, 0.3) is 5.91 Å². The molecule has 23 heavy (non-hydrogen) atoms. The first-order valence-electron chi connectivity index (χ1n) is 7.09. The largest absolute Gasteiger partial charge is 0.417 e. The van der Waals surface area contributed by atoms with Gasteiger partial charge in [0.2, 0.25) is 5.91 Å². The zero-order chi connectivity index (χ0) is 16.8. The topological polar surface area (TPSA) is 53.5 Å². The molecule has 0 aromatic carbocycles. The van der Waals surface area contributed by atoms with E-state index in [0.717, 1.165) is 12.3 Å². The molecule has 2 fully saturated rings. The van der Waals surface area contributed by atoms with Gasteiger partial charge < -0.3 is 9.80 Å². The van der Waals surface area contributed by atoms with E-state index in [1.165, 1.54) is 11.0 Å². The Hall–Kier alpha value is -2.38. The van der Waals surface area contributed by atoms with E-state index in [0.29, 0.717) is 19.2 Å². The van der Waals surface area contributed by atoms with E-state index < -0.39 is 17.6 Å². The van der Waals surface area contributed by atoms with Gasteiger partial charge in [-0.3, -0.25) is 14.6 Å². The lowest BCUT2D eigenvalue weighted by Crippen LogP contribution is -2.50. The van der Waals surface area contributed by atoms with Gasteiger partial charge in [-0.1, -0.05) is 6.58 Å². The van der Waals surface area contributed by atoms with Crippen molar-refractivity contribution >= 4 is 11.8 Å². The fourth-order valence-corrected chi connectivity index (χ4v) is 2.91. The molecule has 1 aliphatic carbocycles. The first kappa shape index (κ1) is 15.5. The fraction of sp³-hybridized carbons (Fsp3) is 0.400. The Bertz CT molecular complexity index is 674. The molecular weight excluding hydrogens is 311 g/mol. The zero-order valence-electron chi connectivity index (χ0n) is 12.1. The van der Waals surface area contributed by atoms with Crippen LogP contribution >= 0.6 is 0 Å². The van der Waals surface area contributed by atoms with Gasteiger partial charge in [-0.05, 0) is 18.6 Å². The predicted octanol–water partition coefficient (Wildman–Crippen LogP) is 1.71. The lowest BCUT2D eigenvalue weighted by atomic mass is 10.1. The number of carbonyl (C=O) groups is 2. The van der Waals surface area contributed by atoms with E-state index >= 15 is 0 Å². The molecule has 0 N–H and O–H groups in total. The molecule has 5 nitrogen and oxygen atoms in total. The molecule has 0 spiro atoms. The minimum atomic E-state index is -4.54. The number of rotatable bonds is 2. The van der Waals surface area contributed by atoms with E-state index in [1.807, 2.05) is 0 Å². The third-order valence-corrected chi connectivity index (χ3v) is 4.14. The molecule has 2 amide bonds. The lowest BCUT2D eigenvalue weighted by Gasteiger charge is -2.33. The maximum atomic E-state index is 12.7. The SMILES string of the molecule is C=CC(=O)N1CCN(C(=O)c2cncc(C(F)(F)F)c2)C2CC21. The smallest absolute Gasteiger partial charge is 0.332 e. The Labute approximate surface area is 130 Å². The number of amides is 2. The summed E-state index contributed by atoms with van der Waals surface area (Å²) in [5.74, 6) is -0.674. The molecule has 1 saturated carbocycles. The van der Waals surface area contributed by atoms with Crippen LogP contribution in [-0.4, -0.2) is 51.8 Å². The highest BCUT2D eigenvalue weighted by Gasteiger charge is 2.51. The van der Waals surface area contributed by atoms with Gasteiger partial charge in [0.1, 0.15) is 0 Å². The molecule has 3 rings (SSSR count). The minimum Gasteiger partial charge on any atom is -0.332 e. The van der Waals surface area contributed by atoms with Crippen LogP contribution in [0.1, 0.15) is 22.3 Å². The van der Waals surface area contributed by atoms with Crippen molar-refractivity contribution < 1.29 is 22.8 Å². The van der Waals surface area contributed by atoms with E-state index in [9.17, 15) is 22.8 Å². The lowest BCUT2D eigenvalue weighted by molar-refractivity contribution is -0.137. The zero-order valence-corrected chi connectivity index (χ0v) is 12.1. The Morgan fingerprint density at radius 2 is 1.87 bits per heavy atom. The molecule has 0 bridgehead atoms. The summed E-state index contributed by atoms with van der Waals surface area (Å²) in [6.45, 7) is 4.08. The van der Waals surface area contributed by atoms with Gasteiger partial charge in [-0.2, -0.15) is 13.2 Å². The normalized spacial score (nSPS) is 23.3. The summed E-state index contributed by atoms with van der Waals surface area (Å²) in [7, 11) is 0. The van der Waals surface area contributed by atoms with Crippen molar-refractivity contribution in [3.8, 4) is 0 Å². The number of hydrogen-bond acceptors (Lipinski definition) is 3. The summed E-state index contributed by atoms with van der Waals surface area (Å²) in [4.78, 5) is 30.8. The molecule has 0 radical (unpaired) electrons. The quantitative estimate of drug-likeness (QED) is 0.778. The van der Waals surface area contributed by atoms with Crippen molar-refractivity contribution in [3.05, 3.63) is 42.2 Å². The summed E-state index contributed by atoms with van der Waals surface area (Å²) in [5, 5.41) is 0. The highest BCUT2D eigenvalue weighted by molar-refractivity contribution is 5.95. The Kier molecular flexibility index (Phi) is 3.62. The second-order valence-electron chi connectivity index (χ2n) is 5.56. The fourth-order valence-electron chi connectivity index (χ4n) is 2.91. The molecule has 1 aromatic heterocycles. The maximum absolute atomic E-state index is 12.7. The molecule has 1 saturated heterocycles. The Balaban J connectivity index is 1.76. The van der Waals surface area contributed by atoms with Crippen LogP contribution in [0.25, 0.3) is 0 Å². The number of fused-ring (bicyclic) bond motifs is 1. The third-order valence-electron chi connectivity index (χ3n) is 4.14. The molecule has 8 heteroatoms. The first-order valence-corrected chi connectivity index (χ1v) is 7.09. The van der Waals surface area contributed by atoms with Crippen molar-refractivity contribution in [2.45, 2.75) is 24.7 Å². The van der Waals surface area contributed by atoms with Crippen LogP contribution in [0, 0.1) is 0 Å². The summed E-state index contributed by atoms with van der Waals surface area (Å²) >= 11 is 0. The van der Waals surface area contributed by atoms with Crippen LogP contribution in [0.2, 0.25) is 0 Å². The average molecular weight is 325 g/mol. The molecule has 122 valence electrons. The van der Waals surface area contributed by atoms with Gasteiger partial charge in [0.05, 0.1) is 23.2 Å². The number of aromatic nitrogens is 1. The number of nitrogens with zero attached hydrogens (tertiary/aromatic N) is 3. The molecule has 2 heterocycles. The minimum absolute atomic E-state index is 0.0723. The molecule has 2 atom stereocenters. The monoisotopic (exact) mass is 325 g/mol. The van der Waals surface area contributed by atoms with Crippen molar-refractivity contribution in [2.75, 3.05) is 13.1 Å².